The van der Waals surface area contributed by atoms with E-state index >= 15 is 0 Å². The predicted molar refractivity (Wildman–Crippen MR) is 79.0 cm³/mol. The average molecular weight is 249 g/mol. The third-order valence-corrected chi connectivity index (χ3v) is 4.96. The van der Waals surface area contributed by atoms with Crippen LogP contribution in [0.5, 0.6) is 0 Å². The highest BCUT2D eigenvalue weighted by Crippen LogP contribution is 2.28. The van der Waals surface area contributed by atoms with Crippen molar-refractivity contribution >= 4 is 17.4 Å². The molecule has 0 aromatic heterocycles. The van der Waals surface area contributed by atoms with Crippen LogP contribution < -0.4 is 4.90 Å². The Hall–Kier alpha value is -0.630. The minimum atomic E-state index is 0.938. The molecular weight excluding hydrogens is 226 g/mol. The summed E-state index contributed by atoms with van der Waals surface area (Å²) >= 11 is 2.19. The largest absolute Gasteiger partial charge is 0.375 e. The van der Waals surface area contributed by atoms with Gasteiger partial charge in [-0.1, -0.05) is 24.6 Å². The van der Waals surface area contributed by atoms with Crippen LogP contribution in [0.25, 0.3) is 0 Å². The molecule has 1 unspecified atom stereocenters. The smallest absolute Gasteiger partial charge is 0.0363 e. The van der Waals surface area contributed by atoms with Crippen LogP contribution >= 0.6 is 11.8 Å². The van der Waals surface area contributed by atoms with Crippen LogP contribution in [0.1, 0.15) is 32.1 Å². The van der Waals surface area contributed by atoms with Gasteiger partial charge in [0.1, 0.15) is 0 Å². The van der Waals surface area contributed by atoms with Crippen LogP contribution in [0, 0.1) is 0 Å². The molecule has 1 aliphatic heterocycles. The molecule has 1 saturated heterocycles. The summed E-state index contributed by atoms with van der Waals surface area (Å²) in [6, 6.07) is 10.7. The molecule has 0 bridgehead atoms. The summed E-state index contributed by atoms with van der Waals surface area (Å²) in [5, 5.41) is 0.938. The first-order valence-electron chi connectivity index (χ1n) is 6.74. The van der Waals surface area contributed by atoms with Gasteiger partial charge in [-0.25, -0.2) is 0 Å². The number of benzene rings is 1. The molecule has 1 aliphatic rings. The molecule has 1 atom stereocenters. The van der Waals surface area contributed by atoms with Gasteiger partial charge in [-0.2, -0.15) is 11.8 Å². The van der Waals surface area contributed by atoms with Gasteiger partial charge in [-0.3, -0.25) is 0 Å². The van der Waals surface area contributed by atoms with E-state index in [-0.39, 0.29) is 0 Å². The van der Waals surface area contributed by atoms with E-state index in [1.165, 1.54) is 50.1 Å². The van der Waals surface area contributed by atoms with E-state index < -0.39 is 0 Å². The molecule has 0 radical (unpaired) electrons. The molecule has 2 rings (SSSR count). The summed E-state index contributed by atoms with van der Waals surface area (Å²) in [6.07, 6.45) is 7.04. The van der Waals surface area contributed by atoms with Crippen molar-refractivity contribution in [1.29, 1.82) is 0 Å². The van der Waals surface area contributed by atoms with E-state index in [9.17, 15) is 0 Å². The third kappa shape index (κ3) is 4.27. The predicted octanol–water partition coefficient (Wildman–Crippen LogP) is 4.19. The van der Waals surface area contributed by atoms with Crippen LogP contribution in [0.3, 0.4) is 0 Å². The average Bonchev–Trinajstić information content (AvgIpc) is 2.41. The van der Waals surface area contributed by atoms with E-state index in [1.807, 2.05) is 0 Å². The van der Waals surface area contributed by atoms with Crippen LogP contribution in [-0.2, 0) is 0 Å². The number of para-hydroxylation sites is 1. The Morgan fingerprint density at radius 1 is 1.24 bits per heavy atom. The fourth-order valence-corrected chi connectivity index (χ4v) is 3.77. The SMILES string of the molecule is CN(CCCC1CCCCS1)c1ccccc1. The van der Waals surface area contributed by atoms with Gasteiger partial charge in [0.2, 0.25) is 0 Å². The van der Waals surface area contributed by atoms with E-state index in [0.717, 1.165) is 5.25 Å². The van der Waals surface area contributed by atoms with Gasteiger partial charge < -0.3 is 4.90 Å². The molecule has 94 valence electrons. The Balaban J connectivity index is 1.67. The lowest BCUT2D eigenvalue weighted by atomic mass is 10.1. The van der Waals surface area contributed by atoms with Crippen molar-refractivity contribution in [3.05, 3.63) is 30.3 Å². The van der Waals surface area contributed by atoms with Crippen LogP contribution in [0.15, 0.2) is 30.3 Å². The Labute approximate surface area is 110 Å². The Morgan fingerprint density at radius 3 is 2.76 bits per heavy atom. The van der Waals surface area contributed by atoms with Crippen molar-refractivity contribution < 1.29 is 0 Å². The van der Waals surface area contributed by atoms with Gasteiger partial charge >= 0.3 is 0 Å². The van der Waals surface area contributed by atoms with E-state index in [4.69, 9.17) is 0 Å². The Kier molecular flexibility index (Phi) is 5.24. The van der Waals surface area contributed by atoms with E-state index in [2.05, 4.69) is 54.0 Å². The molecule has 2 heteroatoms. The van der Waals surface area contributed by atoms with Crippen molar-refractivity contribution in [1.82, 2.24) is 0 Å². The number of nitrogens with zero attached hydrogens (tertiary/aromatic N) is 1. The molecule has 0 saturated carbocycles. The molecule has 1 fully saturated rings. The number of hydrogen-bond acceptors (Lipinski definition) is 2. The second-order valence-corrected chi connectivity index (χ2v) is 6.30. The van der Waals surface area contributed by atoms with Gasteiger partial charge in [-0.15, -0.1) is 0 Å². The molecular formula is C15H23NS. The molecule has 0 N–H and O–H groups in total. The van der Waals surface area contributed by atoms with Crippen molar-refractivity contribution in [2.75, 3.05) is 24.2 Å². The zero-order valence-electron chi connectivity index (χ0n) is 10.8. The normalized spacial score (nSPS) is 20.2. The maximum atomic E-state index is 2.37. The lowest BCUT2D eigenvalue weighted by Gasteiger charge is -2.23. The van der Waals surface area contributed by atoms with Crippen molar-refractivity contribution in [2.24, 2.45) is 0 Å². The number of rotatable bonds is 5. The summed E-state index contributed by atoms with van der Waals surface area (Å²) < 4.78 is 0. The van der Waals surface area contributed by atoms with Crippen molar-refractivity contribution in [2.45, 2.75) is 37.4 Å². The third-order valence-electron chi connectivity index (χ3n) is 3.49. The zero-order valence-corrected chi connectivity index (χ0v) is 11.6. The monoisotopic (exact) mass is 249 g/mol. The fourth-order valence-electron chi connectivity index (χ4n) is 2.40. The first-order valence-corrected chi connectivity index (χ1v) is 7.79. The van der Waals surface area contributed by atoms with Gasteiger partial charge in [0.15, 0.2) is 0 Å². The summed E-state index contributed by atoms with van der Waals surface area (Å²) in [5.74, 6) is 1.39. The topological polar surface area (TPSA) is 3.24 Å². The molecule has 0 aliphatic carbocycles. The quantitative estimate of drug-likeness (QED) is 0.770. The Morgan fingerprint density at radius 2 is 2.06 bits per heavy atom. The van der Waals surface area contributed by atoms with Gasteiger partial charge in [0.25, 0.3) is 0 Å². The molecule has 0 amide bonds. The van der Waals surface area contributed by atoms with E-state index in [1.54, 1.807) is 0 Å². The highest BCUT2D eigenvalue weighted by molar-refractivity contribution is 7.99. The van der Waals surface area contributed by atoms with E-state index in [0.29, 0.717) is 0 Å². The zero-order chi connectivity index (χ0) is 11.9. The van der Waals surface area contributed by atoms with Gasteiger partial charge in [0.05, 0.1) is 0 Å². The lowest BCUT2D eigenvalue weighted by molar-refractivity contribution is 0.605. The van der Waals surface area contributed by atoms with Crippen LogP contribution in [-0.4, -0.2) is 24.6 Å². The molecule has 1 heterocycles. The van der Waals surface area contributed by atoms with Gasteiger partial charge in [-0.05, 0) is 43.6 Å². The second kappa shape index (κ2) is 6.95. The fraction of sp³-hybridized carbons (Fsp3) is 0.600. The first kappa shape index (κ1) is 12.8. The van der Waals surface area contributed by atoms with Crippen molar-refractivity contribution in [3.8, 4) is 0 Å². The minimum Gasteiger partial charge on any atom is -0.375 e. The molecule has 0 spiro atoms. The number of hydrogen-bond donors (Lipinski definition) is 0. The summed E-state index contributed by atoms with van der Waals surface area (Å²) in [4.78, 5) is 2.37. The van der Waals surface area contributed by atoms with Crippen LogP contribution in [0.4, 0.5) is 5.69 Å². The molecule has 1 nitrogen and oxygen atoms in total. The molecule has 1 aromatic carbocycles. The minimum absolute atomic E-state index is 0.938. The maximum absolute atomic E-state index is 2.37. The summed E-state index contributed by atoms with van der Waals surface area (Å²) in [5.41, 5.74) is 1.34. The lowest BCUT2D eigenvalue weighted by Crippen LogP contribution is -2.20. The molecule has 1 aromatic rings. The van der Waals surface area contributed by atoms with Crippen molar-refractivity contribution in [3.63, 3.8) is 0 Å². The number of thioether (sulfide) groups is 1. The number of anilines is 1. The Bertz CT molecular complexity index is 306. The second-order valence-electron chi connectivity index (χ2n) is 4.89. The summed E-state index contributed by atoms with van der Waals surface area (Å²) in [7, 11) is 2.20. The molecule has 17 heavy (non-hydrogen) atoms. The van der Waals surface area contributed by atoms with Gasteiger partial charge in [0, 0.05) is 24.5 Å². The van der Waals surface area contributed by atoms with Crippen LogP contribution in [0.2, 0.25) is 0 Å². The summed E-state index contributed by atoms with van der Waals surface area (Å²) in [6.45, 7) is 1.18. The standard InChI is InChI=1S/C15H23NS/c1-16(14-8-3-2-4-9-14)12-7-11-15-10-5-6-13-17-15/h2-4,8-9,15H,5-7,10-13H2,1H3. The maximum Gasteiger partial charge on any atom is 0.0363 e. The first-order chi connectivity index (χ1) is 8.36. The highest BCUT2D eigenvalue weighted by atomic mass is 32.2. The highest BCUT2D eigenvalue weighted by Gasteiger charge is 2.13.